The summed E-state index contributed by atoms with van der Waals surface area (Å²) in [6, 6.07) is 5.21. The van der Waals surface area contributed by atoms with Crippen LogP contribution in [0.4, 0.5) is 5.13 Å². The first-order chi connectivity index (χ1) is 10.1. The highest BCUT2D eigenvalue weighted by Crippen LogP contribution is 2.37. The van der Waals surface area contributed by atoms with Crippen LogP contribution in [0.2, 0.25) is 10.0 Å². The van der Waals surface area contributed by atoms with E-state index in [1.54, 1.807) is 35.9 Å². The highest BCUT2D eigenvalue weighted by molar-refractivity contribution is 8.19. The van der Waals surface area contributed by atoms with Gasteiger partial charge in [-0.1, -0.05) is 35.3 Å². The second-order valence-electron chi connectivity index (χ2n) is 4.01. The molecule has 1 N–H and O–H groups in total. The molecule has 0 aliphatic carbocycles. The van der Waals surface area contributed by atoms with Crippen LogP contribution in [0.3, 0.4) is 0 Å². The van der Waals surface area contributed by atoms with Crippen molar-refractivity contribution in [1.82, 2.24) is 4.98 Å². The van der Waals surface area contributed by atoms with E-state index in [2.05, 4.69) is 4.98 Å². The van der Waals surface area contributed by atoms with E-state index in [4.69, 9.17) is 28.6 Å². The molecule has 2 heterocycles. The standard InChI is InChI=1S/C13H7Cl2N3OS2/c14-8-3-1-2-7(10(8)15)6-9-11(19)18(12(16)21-9)13-17-4-5-20-13/h1-6,16H/b9-6-,16-12?. The van der Waals surface area contributed by atoms with Crippen molar-refractivity contribution in [2.45, 2.75) is 0 Å². The Morgan fingerprint density at radius 2 is 2.14 bits per heavy atom. The topological polar surface area (TPSA) is 57.1 Å². The van der Waals surface area contributed by atoms with Gasteiger partial charge < -0.3 is 0 Å². The van der Waals surface area contributed by atoms with Gasteiger partial charge in [0.05, 0.1) is 15.0 Å². The number of amidine groups is 1. The fourth-order valence-electron chi connectivity index (χ4n) is 1.76. The lowest BCUT2D eigenvalue weighted by Crippen LogP contribution is -2.27. The fraction of sp³-hybridized carbons (Fsp3) is 0. The number of rotatable bonds is 2. The average molecular weight is 356 g/mol. The van der Waals surface area contributed by atoms with Crippen LogP contribution in [0, 0.1) is 5.41 Å². The van der Waals surface area contributed by atoms with E-state index in [0.29, 0.717) is 25.6 Å². The highest BCUT2D eigenvalue weighted by Gasteiger charge is 2.35. The number of hydrogen-bond acceptors (Lipinski definition) is 5. The number of halogens is 2. The largest absolute Gasteiger partial charge is 0.278 e. The molecule has 1 aromatic carbocycles. The summed E-state index contributed by atoms with van der Waals surface area (Å²) in [4.78, 5) is 18.2. The smallest absolute Gasteiger partial charge is 0.273 e. The summed E-state index contributed by atoms with van der Waals surface area (Å²) in [6.07, 6.45) is 3.24. The number of amides is 1. The molecule has 1 saturated heterocycles. The molecule has 1 amide bonds. The predicted octanol–water partition coefficient (Wildman–Crippen LogP) is 4.51. The number of anilines is 1. The van der Waals surface area contributed by atoms with E-state index in [1.165, 1.54) is 16.2 Å². The maximum Gasteiger partial charge on any atom is 0.273 e. The number of hydrogen-bond donors (Lipinski definition) is 1. The lowest BCUT2D eigenvalue weighted by Gasteiger charge is -2.09. The van der Waals surface area contributed by atoms with Crippen molar-refractivity contribution < 1.29 is 4.79 Å². The summed E-state index contributed by atoms with van der Waals surface area (Å²) in [5.74, 6) is -0.281. The van der Waals surface area contributed by atoms with Crippen LogP contribution in [-0.2, 0) is 4.79 Å². The van der Waals surface area contributed by atoms with Gasteiger partial charge in [0.1, 0.15) is 0 Å². The van der Waals surface area contributed by atoms with E-state index in [9.17, 15) is 4.79 Å². The monoisotopic (exact) mass is 355 g/mol. The van der Waals surface area contributed by atoms with Crippen LogP contribution in [0.5, 0.6) is 0 Å². The molecular formula is C13H7Cl2N3OS2. The second kappa shape index (κ2) is 5.81. The molecule has 2 aromatic rings. The van der Waals surface area contributed by atoms with Crippen LogP contribution in [0.1, 0.15) is 5.56 Å². The summed E-state index contributed by atoms with van der Waals surface area (Å²) in [7, 11) is 0. The third-order valence-electron chi connectivity index (χ3n) is 2.70. The Hall–Kier alpha value is -1.34. The van der Waals surface area contributed by atoms with E-state index in [0.717, 1.165) is 11.8 Å². The summed E-state index contributed by atoms with van der Waals surface area (Å²) in [5.41, 5.74) is 0.647. The number of benzene rings is 1. The normalized spacial score (nSPS) is 17.0. The SMILES string of the molecule is N=C1S/C(=C\c2cccc(Cl)c2Cl)C(=O)N1c1nccs1. The summed E-state index contributed by atoms with van der Waals surface area (Å²) in [6.45, 7) is 0. The first-order valence-corrected chi connectivity index (χ1v) is 8.19. The number of thiazole rings is 1. The maximum absolute atomic E-state index is 12.4. The lowest BCUT2D eigenvalue weighted by molar-refractivity contribution is -0.113. The van der Waals surface area contributed by atoms with E-state index in [1.807, 2.05) is 0 Å². The zero-order valence-electron chi connectivity index (χ0n) is 10.3. The molecule has 0 saturated carbocycles. The summed E-state index contributed by atoms with van der Waals surface area (Å²) < 4.78 is 0. The van der Waals surface area contributed by atoms with Crippen molar-refractivity contribution in [3.63, 3.8) is 0 Å². The molecule has 0 unspecified atom stereocenters. The van der Waals surface area contributed by atoms with Crippen molar-refractivity contribution >= 4 is 68.6 Å². The quantitative estimate of drug-likeness (QED) is 0.806. The summed E-state index contributed by atoms with van der Waals surface area (Å²) in [5, 5.41) is 11.1. The molecule has 3 rings (SSSR count). The number of thioether (sulfide) groups is 1. The van der Waals surface area contributed by atoms with Gasteiger partial charge in [0.15, 0.2) is 10.3 Å². The molecule has 1 aliphatic heterocycles. The zero-order chi connectivity index (χ0) is 15.0. The van der Waals surface area contributed by atoms with Gasteiger partial charge in [0, 0.05) is 11.6 Å². The molecule has 8 heteroatoms. The van der Waals surface area contributed by atoms with Crippen LogP contribution in [0.25, 0.3) is 6.08 Å². The van der Waals surface area contributed by atoms with Gasteiger partial charge >= 0.3 is 0 Å². The minimum Gasteiger partial charge on any atom is -0.278 e. The van der Waals surface area contributed by atoms with Gasteiger partial charge in [0.2, 0.25) is 0 Å². The molecule has 1 aromatic heterocycles. The molecule has 4 nitrogen and oxygen atoms in total. The Balaban J connectivity index is 1.98. The van der Waals surface area contributed by atoms with E-state index >= 15 is 0 Å². The highest BCUT2D eigenvalue weighted by atomic mass is 35.5. The van der Waals surface area contributed by atoms with E-state index in [-0.39, 0.29) is 11.1 Å². The molecule has 0 bridgehead atoms. The number of aromatic nitrogens is 1. The third-order valence-corrected chi connectivity index (χ3v) is 5.18. The molecule has 21 heavy (non-hydrogen) atoms. The Kier molecular flexibility index (Phi) is 4.03. The molecule has 1 fully saturated rings. The Bertz CT molecular complexity index is 759. The number of nitrogens with zero attached hydrogens (tertiary/aromatic N) is 2. The fourth-order valence-corrected chi connectivity index (χ4v) is 3.66. The molecular weight excluding hydrogens is 349 g/mol. The number of carbonyl (C=O) groups is 1. The number of carbonyl (C=O) groups excluding carboxylic acids is 1. The lowest BCUT2D eigenvalue weighted by atomic mass is 10.2. The van der Waals surface area contributed by atoms with Crippen molar-refractivity contribution in [1.29, 1.82) is 5.41 Å². The van der Waals surface area contributed by atoms with Gasteiger partial charge in [-0.25, -0.2) is 9.88 Å². The number of nitrogens with one attached hydrogen (secondary N) is 1. The van der Waals surface area contributed by atoms with Crippen molar-refractivity contribution in [2.75, 3.05) is 4.90 Å². The Morgan fingerprint density at radius 1 is 1.33 bits per heavy atom. The van der Waals surface area contributed by atoms with Crippen LogP contribution in [-0.4, -0.2) is 16.1 Å². The van der Waals surface area contributed by atoms with Gasteiger partial charge in [-0.15, -0.1) is 11.3 Å². The van der Waals surface area contributed by atoms with Gasteiger partial charge in [-0.2, -0.15) is 0 Å². The Morgan fingerprint density at radius 3 is 2.86 bits per heavy atom. The summed E-state index contributed by atoms with van der Waals surface area (Å²) >= 11 is 14.5. The molecule has 106 valence electrons. The Labute approximate surface area is 138 Å². The van der Waals surface area contributed by atoms with Gasteiger partial charge in [0.25, 0.3) is 5.91 Å². The minimum atomic E-state index is -0.281. The van der Waals surface area contributed by atoms with Crippen molar-refractivity contribution in [2.24, 2.45) is 0 Å². The second-order valence-corrected chi connectivity index (χ2v) is 6.70. The average Bonchev–Trinajstić information content (AvgIpc) is 3.04. The minimum absolute atomic E-state index is 0.124. The maximum atomic E-state index is 12.4. The van der Waals surface area contributed by atoms with Gasteiger partial charge in [-0.05, 0) is 29.5 Å². The van der Waals surface area contributed by atoms with Crippen LogP contribution < -0.4 is 4.90 Å². The van der Waals surface area contributed by atoms with Gasteiger partial charge in [-0.3, -0.25) is 10.2 Å². The first-order valence-electron chi connectivity index (χ1n) is 5.74. The molecule has 0 atom stereocenters. The molecule has 1 aliphatic rings. The van der Waals surface area contributed by atoms with Crippen molar-refractivity contribution in [3.05, 3.63) is 50.3 Å². The van der Waals surface area contributed by atoms with Crippen LogP contribution >= 0.6 is 46.3 Å². The molecule has 0 spiro atoms. The van der Waals surface area contributed by atoms with Crippen molar-refractivity contribution in [3.8, 4) is 0 Å². The van der Waals surface area contributed by atoms with Crippen LogP contribution in [0.15, 0.2) is 34.7 Å². The molecule has 0 radical (unpaired) electrons. The van der Waals surface area contributed by atoms with E-state index < -0.39 is 0 Å². The predicted molar refractivity (Wildman–Crippen MR) is 89.4 cm³/mol. The zero-order valence-corrected chi connectivity index (χ0v) is 13.5. The first kappa shape index (κ1) is 14.6. The third kappa shape index (κ3) is 2.72.